The highest BCUT2D eigenvalue weighted by Gasteiger charge is 2.22. The fourth-order valence-corrected chi connectivity index (χ4v) is 2.46. The Balaban J connectivity index is 0.00000264. The fourth-order valence-electron chi connectivity index (χ4n) is 2.46. The summed E-state index contributed by atoms with van der Waals surface area (Å²) >= 11 is 0. The van der Waals surface area contributed by atoms with Gasteiger partial charge in [-0.1, -0.05) is 13.0 Å². The molecule has 1 aromatic carbocycles. The number of rotatable bonds is 6. The first-order chi connectivity index (χ1) is 10.6. The first kappa shape index (κ1) is 19.3. The number of halogens is 1. The average Bonchev–Trinajstić information content (AvgIpc) is 2.50. The molecule has 1 aromatic rings. The summed E-state index contributed by atoms with van der Waals surface area (Å²) in [7, 11) is 0. The summed E-state index contributed by atoms with van der Waals surface area (Å²) in [5.74, 6) is 0.503. The van der Waals surface area contributed by atoms with E-state index in [2.05, 4.69) is 17.6 Å². The molecule has 2 atom stereocenters. The number of nitrogens with two attached hydrogens (primary N) is 1. The van der Waals surface area contributed by atoms with E-state index in [1.54, 1.807) is 24.3 Å². The number of nitrogens with one attached hydrogen (secondary N) is 2. The van der Waals surface area contributed by atoms with Crippen LogP contribution >= 0.6 is 12.4 Å². The maximum absolute atomic E-state index is 11.9. The van der Waals surface area contributed by atoms with Crippen molar-refractivity contribution in [1.82, 2.24) is 10.6 Å². The molecule has 1 saturated heterocycles. The van der Waals surface area contributed by atoms with Crippen LogP contribution in [0.2, 0.25) is 0 Å². The highest BCUT2D eigenvalue weighted by atomic mass is 35.5. The first-order valence-electron chi connectivity index (χ1n) is 7.59. The number of carbonyl (C=O) groups is 2. The molecule has 1 heterocycles. The minimum atomic E-state index is -0.498. The van der Waals surface area contributed by atoms with E-state index in [1.807, 2.05) is 0 Å². The number of benzene rings is 1. The summed E-state index contributed by atoms with van der Waals surface area (Å²) in [5, 5.41) is 6.31. The molecule has 4 N–H and O–H groups in total. The molecule has 2 amide bonds. The minimum absolute atomic E-state index is 0. The average molecular weight is 342 g/mol. The van der Waals surface area contributed by atoms with Gasteiger partial charge in [-0.25, -0.2) is 0 Å². The van der Waals surface area contributed by atoms with Crippen LogP contribution in [0.5, 0.6) is 5.75 Å². The highest BCUT2D eigenvalue weighted by Crippen LogP contribution is 2.14. The molecule has 1 aliphatic rings. The molecule has 1 fully saturated rings. The van der Waals surface area contributed by atoms with E-state index in [-0.39, 0.29) is 37.4 Å². The Morgan fingerprint density at radius 1 is 1.43 bits per heavy atom. The Morgan fingerprint density at radius 3 is 2.91 bits per heavy atom. The Hall–Kier alpha value is -1.79. The normalized spacial score (nSPS) is 20.2. The lowest BCUT2D eigenvalue weighted by molar-refractivity contribution is -0.122. The summed E-state index contributed by atoms with van der Waals surface area (Å²) in [6, 6.07) is 6.81. The van der Waals surface area contributed by atoms with Gasteiger partial charge >= 0.3 is 0 Å². The quantitative estimate of drug-likeness (QED) is 0.722. The third-order valence-corrected chi connectivity index (χ3v) is 3.89. The van der Waals surface area contributed by atoms with Crippen molar-refractivity contribution in [3.05, 3.63) is 29.8 Å². The monoisotopic (exact) mass is 341 g/mol. The van der Waals surface area contributed by atoms with Gasteiger partial charge in [0.05, 0.1) is 13.0 Å². The van der Waals surface area contributed by atoms with Crippen molar-refractivity contribution in [2.45, 2.75) is 25.8 Å². The van der Waals surface area contributed by atoms with Crippen LogP contribution in [0.15, 0.2) is 24.3 Å². The van der Waals surface area contributed by atoms with Gasteiger partial charge in [0.1, 0.15) is 5.75 Å². The fraction of sp³-hybridized carbons (Fsp3) is 0.500. The Labute approximate surface area is 142 Å². The summed E-state index contributed by atoms with van der Waals surface area (Å²) in [4.78, 5) is 23.0. The lowest BCUT2D eigenvalue weighted by Gasteiger charge is -2.30. The molecule has 128 valence electrons. The zero-order chi connectivity index (χ0) is 15.9. The van der Waals surface area contributed by atoms with Crippen molar-refractivity contribution >= 4 is 24.2 Å². The summed E-state index contributed by atoms with van der Waals surface area (Å²) in [6.07, 6.45) is 1.35. The van der Waals surface area contributed by atoms with Crippen LogP contribution in [0, 0.1) is 5.92 Å². The zero-order valence-electron chi connectivity index (χ0n) is 13.2. The maximum Gasteiger partial charge on any atom is 0.248 e. The molecule has 23 heavy (non-hydrogen) atoms. The number of carbonyl (C=O) groups excluding carboxylic acids is 2. The lowest BCUT2D eigenvalue weighted by atomic mass is 9.95. The van der Waals surface area contributed by atoms with E-state index in [9.17, 15) is 9.59 Å². The molecular weight excluding hydrogens is 318 g/mol. The van der Waals surface area contributed by atoms with Gasteiger partial charge in [0.25, 0.3) is 0 Å². The van der Waals surface area contributed by atoms with Crippen LogP contribution in [-0.2, 0) is 4.79 Å². The maximum atomic E-state index is 11.9. The second-order valence-corrected chi connectivity index (χ2v) is 5.63. The second kappa shape index (κ2) is 9.37. The molecule has 1 aliphatic heterocycles. The number of hydrogen-bond donors (Lipinski definition) is 3. The van der Waals surface area contributed by atoms with Crippen LogP contribution in [0.4, 0.5) is 0 Å². The van der Waals surface area contributed by atoms with Crippen molar-refractivity contribution in [2.24, 2.45) is 11.7 Å². The number of amides is 2. The van der Waals surface area contributed by atoms with Gasteiger partial charge in [0.15, 0.2) is 0 Å². The van der Waals surface area contributed by atoms with E-state index in [1.165, 1.54) is 0 Å². The SMILES string of the molecule is CC1CCNCC1NC(=O)CCOc1cccc(C(N)=O)c1.Cl. The third-order valence-electron chi connectivity index (χ3n) is 3.89. The van der Waals surface area contributed by atoms with Gasteiger partial charge < -0.3 is 21.1 Å². The Bertz CT molecular complexity index is 539. The van der Waals surface area contributed by atoms with Gasteiger partial charge in [-0.05, 0) is 37.1 Å². The van der Waals surface area contributed by atoms with Crippen molar-refractivity contribution in [1.29, 1.82) is 0 Å². The van der Waals surface area contributed by atoms with Crippen molar-refractivity contribution in [2.75, 3.05) is 19.7 Å². The van der Waals surface area contributed by atoms with E-state index in [0.717, 1.165) is 19.5 Å². The van der Waals surface area contributed by atoms with E-state index in [0.29, 0.717) is 17.2 Å². The first-order valence-corrected chi connectivity index (χ1v) is 7.59. The summed E-state index contributed by atoms with van der Waals surface area (Å²) < 4.78 is 5.50. The smallest absolute Gasteiger partial charge is 0.248 e. The topological polar surface area (TPSA) is 93.4 Å². The largest absolute Gasteiger partial charge is 0.493 e. The molecule has 0 radical (unpaired) electrons. The zero-order valence-corrected chi connectivity index (χ0v) is 14.0. The molecule has 0 aliphatic carbocycles. The van der Waals surface area contributed by atoms with Gasteiger partial charge in [-0.2, -0.15) is 0 Å². The summed E-state index contributed by atoms with van der Waals surface area (Å²) in [6.45, 7) is 4.24. The lowest BCUT2D eigenvalue weighted by Crippen LogP contribution is -2.50. The van der Waals surface area contributed by atoms with Crippen molar-refractivity contribution in [3.8, 4) is 5.75 Å². The van der Waals surface area contributed by atoms with Crippen LogP contribution in [0.25, 0.3) is 0 Å². The molecule has 0 aromatic heterocycles. The van der Waals surface area contributed by atoms with Crippen LogP contribution < -0.4 is 21.1 Å². The third kappa shape index (κ3) is 6.08. The minimum Gasteiger partial charge on any atom is -0.493 e. The van der Waals surface area contributed by atoms with E-state index in [4.69, 9.17) is 10.5 Å². The molecule has 6 nitrogen and oxygen atoms in total. The molecule has 0 spiro atoms. The van der Waals surface area contributed by atoms with Crippen LogP contribution in [-0.4, -0.2) is 37.6 Å². The van der Waals surface area contributed by atoms with Crippen LogP contribution in [0.1, 0.15) is 30.1 Å². The van der Waals surface area contributed by atoms with Gasteiger partial charge in [0.2, 0.25) is 11.8 Å². The molecule has 0 bridgehead atoms. The molecular formula is C16H24ClN3O3. The van der Waals surface area contributed by atoms with E-state index >= 15 is 0 Å². The Kier molecular flexibility index (Phi) is 7.85. The highest BCUT2D eigenvalue weighted by molar-refractivity contribution is 5.93. The van der Waals surface area contributed by atoms with Crippen molar-refractivity contribution < 1.29 is 14.3 Å². The number of ether oxygens (including phenoxy) is 1. The number of hydrogen-bond acceptors (Lipinski definition) is 4. The number of primary amides is 1. The van der Waals surface area contributed by atoms with Crippen LogP contribution in [0.3, 0.4) is 0 Å². The molecule has 2 rings (SSSR count). The molecule has 2 unspecified atom stereocenters. The van der Waals surface area contributed by atoms with Gasteiger partial charge in [-0.3, -0.25) is 9.59 Å². The summed E-state index contributed by atoms with van der Waals surface area (Å²) in [5.41, 5.74) is 5.60. The van der Waals surface area contributed by atoms with E-state index < -0.39 is 5.91 Å². The Morgan fingerprint density at radius 2 is 2.22 bits per heavy atom. The van der Waals surface area contributed by atoms with Crippen molar-refractivity contribution in [3.63, 3.8) is 0 Å². The molecule has 7 heteroatoms. The second-order valence-electron chi connectivity index (χ2n) is 5.63. The molecule has 0 saturated carbocycles. The van der Waals surface area contributed by atoms with Gasteiger partial charge in [0, 0.05) is 18.2 Å². The van der Waals surface area contributed by atoms with Gasteiger partial charge in [-0.15, -0.1) is 12.4 Å². The predicted molar refractivity (Wildman–Crippen MR) is 90.9 cm³/mol. The number of piperidine rings is 1. The standard InChI is InChI=1S/C16H23N3O3.ClH/c1-11-5-7-18-10-14(11)19-15(20)6-8-22-13-4-2-3-12(9-13)16(17)21;/h2-4,9,11,14,18H,5-8,10H2,1H3,(H2,17,21)(H,19,20);1H. The predicted octanol–water partition coefficient (Wildman–Crippen LogP) is 1.09.